The van der Waals surface area contributed by atoms with Crippen LogP contribution in [0.15, 0.2) is 0 Å². The van der Waals surface area contributed by atoms with Gasteiger partial charge in [0.1, 0.15) is 0 Å². The Morgan fingerprint density at radius 1 is 1.06 bits per heavy atom. The molecule has 0 saturated carbocycles. The van der Waals surface area contributed by atoms with Gasteiger partial charge in [-0.25, -0.2) is 0 Å². The molecule has 0 saturated heterocycles. The fraction of sp³-hybridized carbons (Fsp3) is 0.750. The van der Waals surface area contributed by atoms with Gasteiger partial charge >= 0.3 is 11.9 Å². The Balaban J connectivity index is 5.29. The average Bonchev–Trinajstić information content (AvgIpc) is 2.28. The van der Waals surface area contributed by atoms with E-state index in [1.807, 2.05) is 6.07 Å². The lowest BCUT2D eigenvalue weighted by Gasteiger charge is -2.34. The van der Waals surface area contributed by atoms with Gasteiger partial charge in [0.2, 0.25) is 0 Å². The topological polar surface area (TPSA) is 76.4 Å². The number of nitriles is 1. The van der Waals surface area contributed by atoms with Gasteiger partial charge in [-0.1, -0.05) is 0 Å². The molecule has 0 aromatic heterocycles. The predicted molar refractivity (Wildman–Crippen MR) is 60.8 cm³/mol. The van der Waals surface area contributed by atoms with E-state index in [0.717, 1.165) is 0 Å². The maximum atomic E-state index is 11.8. The molecule has 0 radical (unpaired) electrons. The van der Waals surface area contributed by atoms with Gasteiger partial charge in [0.05, 0.1) is 24.7 Å². The van der Waals surface area contributed by atoms with Crippen molar-refractivity contribution >= 4 is 11.9 Å². The quantitative estimate of drug-likeness (QED) is 0.684. The third kappa shape index (κ3) is 2.76. The minimum Gasteiger partial charge on any atom is -0.466 e. The van der Waals surface area contributed by atoms with E-state index in [0.29, 0.717) is 0 Å². The van der Waals surface area contributed by atoms with Crippen LogP contribution in [0.5, 0.6) is 0 Å². The number of carbonyl (C=O) groups is 2. The summed E-state index contributed by atoms with van der Waals surface area (Å²) < 4.78 is 9.73. The number of hydrogen-bond donors (Lipinski definition) is 0. The summed E-state index contributed by atoms with van der Waals surface area (Å²) in [6.07, 6.45) is 0. The van der Waals surface area contributed by atoms with Crippen LogP contribution in [0.1, 0.15) is 34.6 Å². The summed E-state index contributed by atoms with van der Waals surface area (Å²) in [5.74, 6) is -1.29. The zero-order valence-electron chi connectivity index (χ0n) is 11.0. The fourth-order valence-electron chi connectivity index (χ4n) is 1.23. The highest BCUT2D eigenvalue weighted by Crippen LogP contribution is 2.40. The average molecular weight is 241 g/mol. The second kappa shape index (κ2) is 5.67. The molecule has 0 aliphatic carbocycles. The van der Waals surface area contributed by atoms with Gasteiger partial charge in [-0.3, -0.25) is 9.59 Å². The SMILES string of the molecule is CCOC(=O)C(C)(C)C(C)(C#N)C(=O)OCC. The van der Waals surface area contributed by atoms with Crippen LogP contribution in [0, 0.1) is 22.2 Å². The highest BCUT2D eigenvalue weighted by molar-refractivity contribution is 5.89. The highest BCUT2D eigenvalue weighted by Gasteiger charge is 2.54. The van der Waals surface area contributed by atoms with Crippen LogP contribution in [0.2, 0.25) is 0 Å². The molecule has 5 heteroatoms. The van der Waals surface area contributed by atoms with Crippen molar-refractivity contribution < 1.29 is 19.1 Å². The second-order valence-electron chi connectivity index (χ2n) is 4.30. The molecular weight excluding hydrogens is 222 g/mol. The third-order valence-electron chi connectivity index (χ3n) is 2.94. The summed E-state index contributed by atoms with van der Waals surface area (Å²) >= 11 is 0. The van der Waals surface area contributed by atoms with Gasteiger partial charge in [0, 0.05) is 0 Å². The lowest BCUT2D eigenvalue weighted by atomic mass is 9.67. The Hall–Kier alpha value is -1.57. The third-order valence-corrected chi connectivity index (χ3v) is 2.94. The number of nitrogens with zero attached hydrogens (tertiary/aromatic N) is 1. The monoisotopic (exact) mass is 241 g/mol. The predicted octanol–water partition coefficient (Wildman–Crippen LogP) is 1.67. The van der Waals surface area contributed by atoms with E-state index in [9.17, 15) is 14.9 Å². The molecule has 0 aliphatic heterocycles. The summed E-state index contributed by atoms with van der Waals surface area (Å²) in [7, 11) is 0. The molecule has 0 fully saturated rings. The number of rotatable bonds is 5. The molecule has 0 rings (SSSR count). The maximum absolute atomic E-state index is 11.8. The van der Waals surface area contributed by atoms with E-state index in [-0.39, 0.29) is 13.2 Å². The van der Waals surface area contributed by atoms with Gasteiger partial charge in [-0.05, 0) is 34.6 Å². The van der Waals surface area contributed by atoms with E-state index >= 15 is 0 Å². The number of hydrogen-bond acceptors (Lipinski definition) is 5. The Kier molecular flexibility index (Phi) is 5.14. The molecule has 0 aromatic rings. The Morgan fingerprint density at radius 3 is 1.82 bits per heavy atom. The Bertz CT molecular complexity index is 343. The molecule has 0 N–H and O–H groups in total. The van der Waals surface area contributed by atoms with E-state index < -0.39 is 22.8 Å². The molecule has 1 atom stereocenters. The van der Waals surface area contributed by atoms with Gasteiger partial charge < -0.3 is 9.47 Å². The van der Waals surface area contributed by atoms with E-state index in [4.69, 9.17) is 9.47 Å². The molecule has 1 unspecified atom stereocenters. The van der Waals surface area contributed by atoms with Crippen molar-refractivity contribution in [2.75, 3.05) is 13.2 Å². The lowest BCUT2D eigenvalue weighted by molar-refractivity contribution is -0.171. The van der Waals surface area contributed by atoms with Crippen molar-refractivity contribution in [3.05, 3.63) is 0 Å². The van der Waals surface area contributed by atoms with Crippen LogP contribution in [-0.4, -0.2) is 25.2 Å². The molecule has 0 amide bonds. The van der Waals surface area contributed by atoms with Crippen molar-refractivity contribution in [2.45, 2.75) is 34.6 Å². The molecule has 0 aliphatic rings. The summed E-state index contributed by atoms with van der Waals surface area (Å²) in [6, 6.07) is 1.87. The molecule has 17 heavy (non-hydrogen) atoms. The summed E-state index contributed by atoms with van der Waals surface area (Å²) in [4.78, 5) is 23.6. The van der Waals surface area contributed by atoms with E-state index in [1.54, 1.807) is 13.8 Å². The first kappa shape index (κ1) is 15.4. The van der Waals surface area contributed by atoms with Crippen molar-refractivity contribution in [3.63, 3.8) is 0 Å². The van der Waals surface area contributed by atoms with Crippen LogP contribution >= 0.6 is 0 Å². The zero-order chi connectivity index (χ0) is 13.7. The molecule has 0 aromatic carbocycles. The molecule has 96 valence electrons. The first-order chi connectivity index (χ1) is 7.77. The van der Waals surface area contributed by atoms with Crippen LogP contribution in [0.25, 0.3) is 0 Å². The molecular formula is C12H19NO4. The number of ether oxygens (including phenoxy) is 2. The van der Waals surface area contributed by atoms with E-state index in [2.05, 4.69) is 0 Å². The van der Waals surface area contributed by atoms with Crippen molar-refractivity contribution in [1.82, 2.24) is 0 Å². The largest absolute Gasteiger partial charge is 0.466 e. The minimum absolute atomic E-state index is 0.162. The minimum atomic E-state index is -1.56. The second-order valence-corrected chi connectivity index (χ2v) is 4.30. The van der Waals surface area contributed by atoms with Gasteiger partial charge in [-0.15, -0.1) is 0 Å². The van der Waals surface area contributed by atoms with Crippen molar-refractivity contribution in [1.29, 1.82) is 5.26 Å². The molecule has 0 spiro atoms. The lowest BCUT2D eigenvalue weighted by Crippen LogP contribution is -2.47. The molecule has 5 nitrogen and oxygen atoms in total. The zero-order valence-corrected chi connectivity index (χ0v) is 11.0. The maximum Gasteiger partial charge on any atom is 0.327 e. The van der Waals surface area contributed by atoms with Crippen molar-refractivity contribution in [2.24, 2.45) is 10.8 Å². The highest BCUT2D eigenvalue weighted by atomic mass is 16.5. The summed E-state index contributed by atoms with van der Waals surface area (Å²) in [5.41, 5.74) is -2.82. The fourth-order valence-corrected chi connectivity index (χ4v) is 1.23. The van der Waals surface area contributed by atoms with Crippen LogP contribution in [0.4, 0.5) is 0 Å². The molecule has 0 heterocycles. The molecule has 0 bridgehead atoms. The first-order valence-electron chi connectivity index (χ1n) is 5.53. The smallest absolute Gasteiger partial charge is 0.327 e. The standard InChI is InChI=1S/C12H19NO4/c1-6-16-9(14)11(3,4)12(5,8-13)10(15)17-7-2/h6-7H2,1-5H3. The van der Waals surface area contributed by atoms with E-state index in [1.165, 1.54) is 20.8 Å². The van der Waals surface area contributed by atoms with Crippen LogP contribution < -0.4 is 0 Å². The normalized spacial score (nSPS) is 14.4. The van der Waals surface area contributed by atoms with Gasteiger partial charge in [-0.2, -0.15) is 5.26 Å². The Labute approximate surface area is 102 Å². The first-order valence-corrected chi connectivity index (χ1v) is 5.53. The van der Waals surface area contributed by atoms with Crippen molar-refractivity contribution in [3.8, 4) is 6.07 Å². The number of esters is 2. The van der Waals surface area contributed by atoms with Gasteiger partial charge in [0.25, 0.3) is 0 Å². The Morgan fingerprint density at radius 2 is 1.47 bits per heavy atom. The number of carbonyl (C=O) groups excluding carboxylic acids is 2. The summed E-state index contributed by atoms with van der Waals surface area (Å²) in [6.45, 7) is 8.08. The van der Waals surface area contributed by atoms with Crippen LogP contribution in [0.3, 0.4) is 0 Å². The van der Waals surface area contributed by atoms with Gasteiger partial charge in [0.15, 0.2) is 5.41 Å². The van der Waals surface area contributed by atoms with Crippen LogP contribution in [-0.2, 0) is 19.1 Å². The summed E-state index contributed by atoms with van der Waals surface area (Å²) in [5, 5.41) is 9.18.